The van der Waals surface area contributed by atoms with E-state index in [-0.39, 0.29) is 30.8 Å². The van der Waals surface area contributed by atoms with E-state index in [0.29, 0.717) is 12.8 Å². The zero-order chi connectivity index (χ0) is 24.8. The Bertz CT molecular complexity index is 1110. The van der Waals surface area contributed by atoms with Crippen LogP contribution in [0.4, 0.5) is 0 Å². The summed E-state index contributed by atoms with van der Waals surface area (Å²) in [7, 11) is 1.71. The third-order valence-corrected chi connectivity index (χ3v) is 6.77. The molecule has 1 N–H and O–H groups in total. The lowest BCUT2D eigenvalue weighted by Gasteiger charge is -2.28. The Morgan fingerprint density at radius 3 is 1.91 bits per heavy atom. The molecule has 0 aromatic heterocycles. The molecule has 0 unspecified atom stereocenters. The summed E-state index contributed by atoms with van der Waals surface area (Å²) in [5, 5.41) is 9.95. The fraction of sp³-hybridized carbons (Fsp3) is 0.276. The number of likely N-dealkylation sites (N-methyl/N-ethyl adjacent to an activating group) is 1. The van der Waals surface area contributed by atoms with Gasteiger partial charge in [0.2, 0.25) is 11.8 Å². The molecule has 4 rings (SSSR count). The quantitative estimate of drug-likeness (QED) is 0.541. The van der Waals surface area contributed by atoms with Crippen molar-refractivity contribution in [2.45, 2.75) is 37.3 Å². The minimum absolute atomic E-state index is 0.0556. The van der Waals surface area contributed by atoms with E-state index in [0.717, 1.165) is 16.7 Å². The molecule has 0 bridgehead atoms. The first-order chi connectivity index (χ1) is 17.0. The number of aryl methyl sites for hydroxylation is 1. The number of carbonyl (C=O) groups is 3. The van der Waals surface area contributed by atoms with Gasteiger partial charge in [0, 0.05) is 26.4 Å². The van der Waals surface area contributed by atoms with Gasteiger partial charge in [0.05, 0.1) is 12.0 Å². The summed E-state index contributed by atoms with van der Waals surface area (Å²) in [4.78, 5) is 42.0. The number of nitrogens with zero attached hydrogens (tertiary/aromatic N) is 2. The van der Waals surface area contributed by atoms with Crippen molar-refractivity contribution in [3.63, 3.8) is 0 Å². The largest absolute Gasteiger partial charge is 0.480 e. The monoisotopic (exact) mass is 470 g/mol. The number of hydrogen-bond donors (Lipinski definition) is 1. The summed E-state index contributed by atoms with van der Waals surface area (Å²) in [6, 6.07) is 27.3. The van der Waals surface area contributed by atoms with Crippen LogP contribution in [0.1, 0.15) is 35.4 Å². The Morgan fingerprint density at radius 1 is 0.886 bits per heavy atom. The van der Waals surface area contributed by atoms with Crippen molar-refractivity contribution in [2.24, 2.45) is 0 Å². The molecule has 0 radical (unpaired) electrons. The maximum atomic E-state index is 13.9. The number of rotatable bonds is 8. The van der Waals surface area contributed by atoms with Crippen molar-refractivity contribution in [3.05, 3.63) is 108 Å². The van der Waals surface area contributed by atoms with Gasteiger partial charge in [-0.25, -0.2) is 4.79 Å². The molecule has 3 aromatic carbocycles. The van der Waals surface area contributed by atoms with Crippen molar-refractivity contribution in [2.75, 3.05) is 13.6 Å². The van der Waals surface area contributed by atoms with Gasteiger partial charge in [-0.2, -0.15) is 0 Å². The van der Waals surface area contributed by atoms with Crippen LogP contribution in [-0.4, -0.2) is 58.4 Å². The van der Waals surface area contributed by atoms with Crippen molar-refractivity contribution in [3.8, 4) is 0 Å². The Labute approximate surface area is 205 Å². The van der Waals surface area contributed by atoms with Crippen LogP contribution in [0.3, 0.4) is 0 Å². The van der Waals surface area contributed by atoms with Gasteiger partial charge in [-0.15, -0.1) is 0 Å². The number of aliphatic carboxylic acids is 1. The van der Waals surface area contributed by atoms with Crippen LogP contribution in [0, 0.1) is 0 Å². The third-order valence-electron chi connectivity index (χ3n) is 6.77. The van der Waals surface area contributed by atoms with Gasteiger partial charge >= 0.3 is 5.97 Å². The number of carbonyl (C=O) groups excluding carboxylic acids is 2. The van der Waals surface area contributed by atoms with E-state index in [1.54, 1.807) is 11.9 Å². The molecule has 0 saturated carbocycles. The summed E-state index contributed by atoms with van der Waals surface area (Å²) in [6.07, 6.45) is 1.16. The summed E-state index contributed by atoms with van der Waals surface area (Å²) >= 11 is 0. The number of benzene rings is 3. The van der Waals surface area contributed by atoms with Gasteiger partial charge in [0.1, 0.15) is 6.04 Å². The predicted octanol–water partition coefficient (Wildman–Crippen LogP) is 3.96. The fourth-order valence-electron chi connectivity index (χ4n) is 4.78. The third kappa shape index (κ3) is 5.60. The maximum absolute atomic E-state index is 13.9. The summed E-state index contributed by atoms with van der Waals surface area (Å²) in [5.41, 5.74) is 2.70. The standard InChI is InChI=1S/C29H30N2O4/c1-30(26(32)18-17-21-11-5-2-6-12-21)24-19-25(29(34)35)31(20-24)28(33)27(22-13-7-3-8-14-22)23-15-9-4-10-16-23/h2-16,24-25,27H,17-20H2,1H3,(H,34,35)/t24-,25-/m0/s1. The van der Waals surface area contributed by atoms with Gasteiger partial charge in [-0.1, -0.05) is 91.0 Å². The molecule has 1 fully saturated rings. The van der Waals surface area contributed by atoms with Gasteiger partial charge < -0.3 is 14.9 Å². The number of hydrogen-bond acceptors (Lipinski definition) is 3. The maximum Gasteiger partial charge on any atom is 0.326 e. The molecule has 0 spiro atoms. The zero-order valence-electron chi connectivity index (χ0n) is 19.8. The van der Waals surface area contributed by atoms with E-state index in [9.17, 15) is 19.5 Å². The number of carboxylic acid groups (broad SMARTS) is 1. The van der Waals surface area contributed by atoms with Crippen LogP contribution in [0.2, 0.25) is 0 Å². The predicted molar refractivity (Wildman–Crippen MR) is 134 cm³/mol. The van der Waals surface area contributed by atoms with E-state index in [1.165, 1.54) is 4.90 Å². The topological polar surface area (TPSA) is 77.9 Å². The average Bonchev–Trinajstić information content (AvgIpc) is 3.35. The molecule has 6 nitrogen and oxygen atoms in total. The van der Waals surface area contributed by atoms with Crippen LogP contribution < -0.4 is 0 Å². The SMILES string of the molecule is CN(C(=O)CCc1ccccc1)[C@H]1C[C@@H](C(=O)O)N(C(=O)C(c2ccccc2)c2ccccc2)C1. The van der Waals surface area contributed by atoms with Crippen molar-refractivity contribution < 1.29 is 19.5 Å². The summed E-state index contributed by atoms with van der Waals surface area (Å²) < 4.78 is 0. The Morgan fingerprint density at radius 2 is 1.40 bits per heavy atom. The van der Waals surface area contributed by atoms with Crippen LogP contribution in [0.25, 0.3) is 0 Å². The number of amides is 2. The second-order valence-corrected chi connectivity index (χ2v) is 8.98. The molecule has 1 saturated heterocycles. The lowest BCUT2D eigenvalue weighted by atomic mass is 9.90. The lowest BCUT2D eigenvalue weighted by molar-refractivity contribution is -0.148. The Kier molecular flexibility index (Phi) is 7.60. The second-order valence-electron chi connectivity index (χ2n) is 8.98. The van der Waals surface area contributed by atoms with E-state index in [4.69, 9.17) is 0 Å². The Hall–Kier alpha value is -3.93. The van der Waals surface area contributed by atoms with Crippen LogP contribution in [0.5, 0.6) is 0 Å². The molecule has 1 heterocycles. The minimum atomic E-state index is -1.05. The first-order valence-electron chi connectivity index (χ1n) is 11.9. The minimum Gasteiger partial charge on any atom is -0.480 e. The average molecular weight is 471 g/mol. The molecule has 35 heavy (non-hydrogen) atoms. The summed E-state index contributed by atoms with van der Waals surface area (Å²) in [5.74, 6) is -1.98. The van der Waals surface area contributed by atoms with Crippen LogP contribution >= 0.6 is 0 Å². The molecular weight excluding hydrogens is 440 g/mol. The second kappa shape index (κ2) is 11.0. The van der Waals surface area contributed by atoms with Gasteiger partial charge in [-0.05, 0) is 23.1 Å². The number of carboxylic acids is 1. The molecule has 0 aliphatic carbocycles. The molecular formula is C29H30N2O4. The van der Waals surface area contributed by atoms with Gasteiger partial charge in [0.25, 0.3) is 0 Å². The number of likely N-dealkylation sites (tertiary alicyclic amines) is 1. The van der Waals surface area contributed by atoms with E-state index < -0.39 is 17.9 Å². The highest BCUT2D eigenvalue weighted by Crippen LogP contribution is 2.31. The molecule has 2 amide bonds. The van der Waals surface area contributed by atoms with E-state index >= 15 is 0 Å². The first kappa shape index (κ1) is 24.2. The van der Waals surface area contributed by atoms with Crippen LogP contribution in [0.15, 0.2) is 91.0 Å². The molecule has 2 atom stereocenters. The fourth-order valence-corrected chi connectivity index (χ4v) is 4.78. The molecule has 1 aliphatic rings. The highest BCUT2D eigenvalue weighted by Gasteiger charge is 2.44. The molecule has 6 heteroatoms. The van der Waals surface area contributed by atoms with Crippen molar-refractivity contribution in [1.82, 2.24) is 9.80 Å². The highest BCUT2D eigenvalue weighted by molar-refractivity contribution is 5.91. The van der Waals surface area contributed by atoms with Crippen molar-refractivity contribution >= 4 is 17.8 Å². The van der Waals surface area contributed by atoms with Crippen LogP contribution in [-0.2, 0) is 20.8 Å². The smallest absolute Gasteiger partial charge is 0.326 e. The van der Waals surface area contributed by atoms with E-state index in [2.05, 4.69) is 0 Å². The highest BCUT2D eigenvalue weighted by atomic mass is 16.4. The molecule has 3 aromatic rings. The lowest BCUT2D eigenvalue weighted by Crippen LogP contribution is -2.44. The van der Waals surface area contributed by atoms with Gasteiger partial charge in [-0.3, -0.25) is 9.59 Å². The Balaban J connectivity index is 1.53. The summed E-state index contributed by atoms with van der Waals surface area (Å²) in [6.45, 7) is 0.194. The molecule has 180 valence electrons. The first-order valence-corrected chi connectivity index (χ1v) is 11.9. The zero-order valence-corrected chi connectivity index (χ0v) is 19.8. The van der Waals surface area contributed by atoms with Crippen molar-refractivity contribution in [1.29, 1.82) is 0 Å². The normalized spacial score (nSPS) is 17.4. The molecule has 1 aliphatic heterocycles. The van der Waals surface area contributed by atoms with E-state index in [1.807, 2.05) is 91.0 Å². The van der Waals surface area contributed by atoms with Gasteiger partial charge in [0.15, 0.2) is 0 Å².